The van der Waals surface area contributed by atoms with Crippen LogP contribution in [-0.2, 0) is 17.8 Å². The highest BCUT2D eigenvalue weighted by atomic mass is 16.5. The van der Waals surface area contributed by atoms with E-state index in [1.54, 1.807) is 19.1 Å². The Morgan fingerprint density at radius 3 is 2.48 bits per heavy atom. The van der Waals surface area contributed by atoms with Gasteiger partial charge in [-0.05, 0) is 42.5 Å². The van der Waals surface area contributed by atoms with E-state index in [4.69, 9.17) is 9.47 Å². The Kier molecular flexibility index (Phi) is 5.31. The number of nitrogens with one attached hydrogen (secondary N) is 2. The Labute approximate surface area is 147 Å². The van der Waals surface area contributed by atoms with Gasteiger partial charge in [-0.15, -0.1) is 0 Å². The summed E-state index contributed by atoms with van der Waals surface area (Å²) in [5, 5.41) is 5.74. The molecule has 1 saturated carbocycles. The maximum Gasteiger partial charge on any atom is 0.317 e. The summed E-state index contributed by atoms with van der Waals surface area (Å²) in [6, 6.07) is 4.12. The minimum absolute atomic E-state index is 0.00335. The Bertz CT molecular complexity index is 658. The number of nitrogens with zero attached hydrogens (tertiary/aromatic N) is 1. The molecule has 0 atom stereocenters. The standard InChI is InChI=1S/C18H25N3O4/c1-24-15-9-12-6-8-21(11-13(12)10-16(15)25-2)18(23)19-7-5-17(22)20-14-3-4-14/h9-10,14H,3-8,11H2,1-2H3,(H,19,23)(H,20,22). The second-order valence-corrected chi connectivity index (χ2v) is 6.47. The van der Waals surface area contributed by atoms with Crippen LogP contribution >= 0.6 is 0 Å². The Hall–Kier alpha value is -2.44. The number of hydrogen-bond acceptors (Lipinski definition) is 4. The Morgan fingerprint density at radius 2 is 1.84 bits per heavy atom. The molecule has 1 aromatic carbocycles. The lowest BCUT2D eigenvalue weighted by Crippen LogP contribution is -2.43. The molecule has 7 heteroatoms. The van der Waals surface area contributed by atoms with Crippen molar-refractivity contribution >= 4 is 11.9 Å². The van der Waals surface area contributed by atoms with E-state index in [0.717, 1.165) is 24.8 Å². The van der Waals surface area contributed by atoms with Gasteiger partial charge < -0.3 is 25.0 Å². The van der Waals surface area contributed by atoms with Crippen molar-refractivity contribution in [2.24, 2.45) is 0 Å². The molecule has 0 radical (unpaired) electrons. The molecule has 0 bridgehead atoms. The first kappa shape index (κ1) is 17.4. The summed E-state index contributed by atoms with van der Waals surface area (Å²) in [7, 11) is 3.22. The predicted molar refractivity (Wildman–Crippen MR) is 92.8 cm³/mol. The van der Waals surface area contributed by atoms with Crippen molar-refractivity contribution < 1.29 is 19.1 Å². The van der Waals surface area contributed by atoms with E-state index in [9.17, 15) is 9.59 Å². The highest BCUT2D eigenvalue weighted by molar-refractivity contribution is 5.78. The second-order valence-electron chi connectivity index (χ2n) is 6.47. The summed E-state index contributed by atoms with van der Waals surface area (Å²) in [6.07, 6.45) is 3.22. The molecular formula is C18H25N3O4. The molecule has 3 rings (SSSR count). The van der Waals surface area contributed by atoms with E-state index in [1.807, 2.05) is 12.1 Å². The maximum atomic E-state index is 12.3. The fourth-order valence-corrected chi connectivity index (χ4v) is 2.98. The van der Waals surface area contributed by atoms with Gasteiger partial charge in [0.05, 0.1) is 14.2 Å². The zero-order chi connectivity index (χ0) is 17.8. The fraction of sp³-hybridized carbons (Fsp3) is 0.556. The fourth-order valence-electron chi connectivity index (χ4n) is 2.98. The van der Waals surface area contributed by atoms with Crippen LogP contribution in [0.5, 0.6) is 11.5 Å². The molecule has 1 aromatic rings. The van der Waals surface area contributed by atoms with Gasteiger partial charge in [0.1, 0.15) is 0 Å². The Balaban J connectivity index is 1.52. The number of amides is 3. The summed E-state index contributed by atoms with van der Waals surface area (Å²) < 4.78 is 10.7. The summed E-state index contributed by atoms with van der Waals surface area (Å²) in [5.74, 6) is 1.38. The predicted octanol–water partition coefficient (Wildman–Crippen LogP) is 1.44. The van der Waals surface area contributed by atoms with Crippen LogP contribution in [0, 0.1) is 0 Å². The molecule has 2 N–H and O–H groups in total. The van der Waals surface area contributed by atoms with E-state index >= 15 is 0 Å². The van der Waals surface area contributed by atoms with Crippen LogP contribution in [0.4, 0.5) is 4.79 Å². The summed E-state index contributed by atoms with van der Waals surface area (Å²) in [5.41, 5.74) is 2.23. The smallest absolute Gasteiger partial charge is 0.317 e. The van der Waals surface area contributed by atoms with Crippen molar-refractivity contribution in [3.8, 4) is 11.5 Å². The van der Waals surface area contributed by atoms with E-state index in [1.165, 1.54) is 5.56 Å². The van der Waals surface area contributed by atoms with Crippen LogP contribution in [0.1, 0.15) is 30.4 Å². The molecule has 0 unspecified atom stereocenters. The number of rotatable bonds is 6. The number of urea groups is 1. The van der Waals surface area contributed by atoms with Crippen molar-refractivity contribution in [2.75, 3.05) is 27.3 Å². The van der Waals surface area contributed by atoms with Gasteiger partial charge >= 0.3 is 6.03 Å². The highest BCUT2D eigenvalue weighted by Gasteiger charge is 2.24. The van der Waals surface area contributed by atoms with Crippen LogP contribution in [-0.4, -0.2) is 50.2 Å². The van der Waals surface area contributed by atoms with Gasteiger partial charge in [-0.25, -0.2) is 4.79 Å². The lowest BCUT2D eigenvalue weighted by atomic mass is 9.99. The molecular weight excluding hydrogens is 322 g/mol. The van der Waals surface area contributed by atoms with Gasteiger partial charge in [-0.3, -0.25) is 4.79 Å². The van der Waals surface area contributed by atoms with Gasteiger partial charge in [0.15, 0.2) is 11.5 Å². The number of carbonyl (C=O) groups excluding carboxylic acids is 2. The summed E-state index contributed by atoms with van der Waals surface area (Å²) in [6.45, 7) is 1.52. The van der Waals surface area contributed by atoms with Gasteiger partial charge in [-0.1, -0.05) is 0 Å². The average molecular weight is 347 g/mol. The molecule has 0 aromatic heterocycles. The average Bonchev–Trinajstić information content (AvgIpc) is 3.43. The Morgan fingerprint density at radius 1 is 1.16 bits per heavy atom. The topological polar surface area (TPSA) is 79.9 Å². The van der Waals surface area contributed by atoms with E-state index in [0.29, 0.717) is 43.6 Å². The van der Waals surface area contributed by atoms with Crippen LogP contribution in [0.3, 0.4) is 0 Å². The van der Waals surface area contributed by atoms with Gasteiger partial charge in [0.2, 0.25) is 5.91 Å². The largest absolute Gasteiger partial charge is 0.493 e. The summed E-state index contributed by atoms with van der Waals surface area (Å²) in [4.78, 5) is 25.7. The first-order valence-corrected chi connectivity index (χ1v) is 8.66. The minimum Gasteiger partial charge on any atom is -0.493 e. The molecule has 3 amide bonds. The number of carbonyl (C=O) groups is 2. The van der Waals surface area contributed by atoms with Crippen molar-refractivity contribution in [1.82, 2.24) is 15.5 Å². The lowest BCUT2D eigenvalue weighted by Gasteiger charge is -2.29. The SMILES string of the molecule is COc1cc2c(cc1OC)CN(C(=O)NCCC(=O)NC1CC1)CC2. The summed E-state index contributed by atoms with van der Waals surface area (Å²) >= 11 is 0. The van der Waals surface area contributed by atoms with Crippen LogP contribution in [0.25, 0.3) is 0 Å². The van der Waals surface area contributed by atoms with Gasteiger partial charge in [-0.2, -0.15) is 0 Å². The third kappa shape index (κ3) is 4.35. The first-order chi connectivity index (χ1) is 12.1. The number of fused-ring (bicyclic) bond motifs is 1. The van der Waals surface area contributed by atoms with E-state index in [2.05, 4.69) is 10.6 Å². The van der Waals surface area contributed by atoms with E-state index in [-0.39, 0.29) is 11.9 Å². The molecule has 136 valence electrons. The van der Waals surface area contributed by atoms with Gasteiger partial charge in [0, 0.05) is 32.1 Å². The molecule has 7 nitrogen and oxygen atoms in total. The molecule has 0 spiro atoms. The normalized spacial score (nSPS) is 16.0. The molecule has 1 fully saturated rings. The van der Waals surface area contributed by atoms with Crippen LogP contribution in [0.2, 0.25) is 0 Å². The molecule has 1 heterocycles. The molecule has 0 saturated heterocycles. The highest BCUT2D eigenvalue weighted by Crippen LogP contribution is 2.33. The van der Waals surface area contributed by atoms with Crippen molar-refractivity contribution in [2.45, 2.75) is 38.3 Å². The second kappa shape index (κ2) is 7.63. The third-order valence-corrected chi connectivity index (χ3v) is 4.58. The maximum absolute atomic E-state index is 12.3. The zero-order valence-electron chi connectivity index (χ0n) is 14.8. The third-order valence-electron chi connectivity index (χ3n) is 4.58. The number of hydrogen-bond donors (Lipinski definition) is 2. The van der Waals surface area contributed by atoms with Crippen LogP contribution < -0.4 is 20.1 Å². The van der Waals surface area contributed by atoms with Crippen molar-refractivity contribution in [3.05, 3.63) is 23.3 Å². The number of methoxy groups -OCH3 is 2. The molecule has 1 aliphatic heterocycles. The van der Waals surface area contributed by atoms with Gasteiger partial charge in [0.25, 0.3) is 0 Å². The number of benzene rings is 1. The molecule has 2 aliphatic rings. The quantitative estimate of drug-likeness (QED) is 0.816. The zero-order valence-corrected chi connectivity index (χ0v) is 14.8. The molecule has 1 aliphatic carbocycles. The minimum atomic E-state index is -0.139. The monoisotopic (exact) mass is 347 g/mol. The van der Waals surface area contributed by atoms with Crippen LogP contribution in [0.15, 0.2) is 12.1 Å². The first-order valence-electron chi connectivity index (χ1n) is 8.66. The number of ether oxygens (including phenoxy) is 2. The van der Waals surface area contributed by atoms with Crippen molar-refractivity contribution in [3.63, 3.8) is 0 Å². The molecule has 25 heavy (non-hydrogen) atoms. The van der Waals surface area contributed by atoms with E-state index < -0.39 is 0 Å². The van der Waals surface area contributed by atoms with Crippen molar-refractivity contribution in [1.29, 1.82) is 0 Å². The lowest BCUT2D eigenvalue weighted by molar-refractivity contribution is -0.121.